The van der Waals surface area contributed by atoms with E-state index in [9.17, 15) is 8.78 Å². The first-order chi connectivity index (χ1) is 8.97. The van der Waals surface area contributed by atoms with Crippen LogP contribution in [0.1, 0.15) is 19.4 Å². The molecule has 0 aliphatic carbocycles. The Kier molecular flexibility index (Phi) is 4.40. The molecule has 2 atom stereocenters. The van der Waals surface area contributed by atoms with Gasteiger partial charge in [0, 0.05) is 19.2 Å². The van der Waals surface area contributed by atoms with Crippen molar-refractivity contribution in [2.45, 2.75) is 20.8 Å². The third-order valence-corrected chi connectivity index (χ3v) is 3.62. The quantitative estimate of drug-likeness (QED) is 0.842. The maximum Gasteiger partial charge on any atom is 0.146 e. The molecule has 0 spiro atoms. The zero-order chi connectivity index (χ0) is 14.0. The zero-order valence-electron chi connectivity index (χ0n) is 11.8. The molecule has 0 radical (unpaired) electrons. The summed E-state index contributed by atoms with van der Waals surface area (Å²) in [4.78, 5) is 1.98. The second-order valence-corrected chi connectivity index (χ2v) is 5.83. The molecule has 0 aromatic heterocycles. The van der Waals surface area contributed by atoms with E-state index in [1.165, 1.54) is 12.1 Å². The number of aryl methyl sites for hydroxylation is 1. The highest BCUT2D eigenvalue weighted by molar-refractivity contribution is 5.50. The van der Waals surface area contributed by atoms with Gasteiger partial charge < -0.3 is 10.2 Å². The van der Waals surface area contributed by atoms with E-state index in [-0.39, 0.29) is 11.6 Å². The minimum atomic E-state index is -0.336. The van der Waals surface area contributed by atoms with Crippen LogP contribution in [0.25, 0.3) is 0 Å². The van der Waals surface area contributed by atoms with Crippen molar-refractivity contribution in [3.05, 3.63) is 29.3 Å². The van der Waals surface area contributed by atoms with Crippen molar-refractivity contribution < 1.29 is 8.78 Å². The second kappa shape index (κ2) is 5.87. The molecule has 1 aliphatic rings. The van der Waals surface area contributed by atoms with Crippen molar-refractivity contribution >= 4 is 5.69 Å². The predicted octanol–water partition coefficient (Wildman–Crippen LogP) is 2.96. The molecule has 2 unspecified atom stereocenters. The lowest BCUT2D eigenvalue weighted by molar-refractivity contribution is 0.407. The fourth-order valence-electron chi connectivity index (χ4n) is 2.61. The monoisotopic (exact) mass is 268 g/mol. The van der Waals surface area contributed by atoms with E-state index in [1.807, 2.05) is 4.90 Å². The molecule has 1 N–H and O–H groups in total. The first-order valence-electron chi connectivity index (χ1n) is 6.88. The minimum Gasteiger partial charge on any atom is -0.368 e. The molecule has 1 aromatic rings. The highest BCUT2D eigenvalue weighted by Gasteiger charge is 2.21. The molecule has 1 fully saturated rings. The van der Waals surface area contributed by atoms with Gasteiger partial charge in [-0.3, -0.25) is 0 Å². The van der Waals surface area contributed by atoms with E-state index in [0.717, 1.165) is 26.2 Å². The fourth-order valence-corrected chi connectivity index (χ4v) is 2.61. The van der Waals surface area contributed by atoms with Gasteiger partial charge in [0.2, 0.25) is 0 Å². The van der Waals surface area contributed by atoms with Crippen molar-refractivity contribution in [3.63, 3.8) is 0 Å². The van der Waals surface area contributed by atoms with Crippen LogP contribution in [-0.4, -0.2) is 26.2 Å². The van der Waals surface area contributed by atoms with Crippen LogP contribution in [0.15, 0.2) is 12.1 Å². The Morgan fingerprint density at radius 2 is 1.63 bits per heavy atom. The molecule has 0 saturated carbocycles. The van der Waals surface area contributed by atoms with Crippen LogP contribution >= 0.6 is 0 Å². The maximum atomic E-state index is 14.1. The molecule has 106 valence electrons. The van der Waals surface area contributed by atoms with Gasteiger partial charge in [-0.1, -0.05) is 13.8 Å². The van der Waals surface area contributed by atoms with Gasteiger partial charge in [-0.2, -0.15) is 0 Å². The van der Waals surface area contributed by atoms with E-state index in [2.05, 4.69) is 19.2 Å². The third kappa shape index (κ3) is 3.44. The standard InChI is InChI=1S/C15H22F2N2/c1-10-6-18-7-11(2)9-19(8-10)15-5-13(16)12(3)4-14(15)17/h4-5,10-11,18H,6-9H2,1-3H3. The Hall–Kier alpha value is -1.16. The molecule has 1 aromatic carbocycles. The van der Waals surface area contributed by atoms with E-state index in [0.29, 0.717) is 23.1 Å². The average Bonchev–Trinajstić information content (AvgIpc) is 2.31. The minimum absolute atomic E-state index is 0.327. The van der Waals surface area contributed by atoms with Crippen molar-refractivity contribution in [1.29, 1.82) is 0 Å². The highest BCUT2D eigenvalue weighted by atomic mass is 19.1. The molecule has 1 heterocycles. The summed E-state index contributed by atoms with van der Waals surface area (Å²) in [6.45, 7) is 9.16. The highest BCUT2D eigenvalue weighted by Crippen LogP contribution is 2.25. The number of anilines is 1. The van der Waals surface area contributed by atoms with E-state index in [4.69, 9.17) is 0 Å². The van der Waals surface area contributed by atoms with Crippen molar-refractivity contribution in [2.24, 2.45) is 11.8 Å². The molecule has 4 heteroatoms. The Morgan fingerprint density at radius 3 is 2.21 bits per heavy atom. The first kappa shape index (κ1) is 14.3. The smallest absolute Gasteiger partial charge is 0.146 e. The first-order valence-corrected chi connectivity index (χ1v) is 6.88. The van der Waals surface area contributed by atoms with Crippen LogP contribution in [0.3, 0.4) is 0 Å². The number of nitrogens with one attached hydrogen (secondary N) is 1. The number of hydrogen-bond donors (Lipinski definition) is 1. The Balaban J connectivity index is 2.28. The summed E-state index contributed by atoms with van der Waals surface area (Å²) in [6.07, 6.45) is 0. The Bertz CT molecular complexity index is 436. The number of halogens is 2. The summed E-state index contributed by atoms with van der Waals surface area (Å²) >= 11 is 0. The summed E-state index contributed by atoms with van der Waals surface area (Å²) < 4.78 is 27.8. The summed E-state index contributed by atoms with van der Waals surface area (Å²) in [5, 5.41) is 3.40. The summed E-state index contributed by atoms with van der Waals surface area (Å²) in [5.41, 5.74) is 0.750. The topological polar surface area (TPSA) is 15.3 Å². The van der Waals surface area contributed by atoms with Gasteiger partial charge in [-0.15, -0.1) is 0 Å². The zero-order valence-corrected chi connectivity index (χ0v) is 11.8. The molecular formula is C15H22F2N2. The third-order valence-electron chi connectivity index (χ3n) is 3.62. The largest absolute Gasteiger partial charge is 0.368 e. The van der Waals surface area contributed by atoms with Gasteiger partial charge in [-0.25, -0.2) is 8.78 Å². The Morgan fingerprint density at radius 1 is 1.05 bits per heavy atom. The van der Waals surface area contributed by atoms with E-state index < -0.39 is 0 Å². The second-order valence-electron chi connectivity index (χ2n) is 5.83. The summed E-state index contributed by atoms with van der Waals surface area (Å²) in [7, 11) is 0. The molecule has 19 heavy (non-hydrogen) atoms. The Labute approximate surface area is 113 Å². The van der Waals surface area contributed by atoms with Gasteiger partial charge in [0.1, 0.15) is 11.6 Å². The van der Waals surface area contributed by atoms with E-state index >= 15 is 0 Å². The van der Waals surface area contributed by atoms with Crippen molar-refractivity contribution in [1.82, 2.24) is 5.32 Å². The lowest BCUT2D eigenvalue weighted by Crippen LogP contribution is -2.43. The molecule has 1 aliphatic heterocycles. The van der Waals surface area contributed by atoms with Crippen LogP contribution in [0.2, 0.25) is 0 Å². The van der Waals surface area contributed by atoms with Gasteiger partial charge >= 0.3 is 0 Å². The lowest BCUT2D eigenvalue weighted by atomic mass is 10.0. The summed E-state index contributed by atoms with van der Waals surface area (Å²) in [5.74, 6) is 0.163. The normalized spacial score (nSPS) is 25.0. The van der Waals surface area contributed by atoms with Crippen molar-refractivity contribution in [3.8, 4) is 0 Å². The maximum absolute atomic E-state index is 14.1. The summed E-state index contributed by atoms with van der Waals surface area (Å²) in [6, 6.07) is 2.62. The fraction of sp³-hybridized carbons (Fsp3) is 0.600. The molecule has 1 saturated heterocycles. The van der Waals surface area contributed by atoms with Gasteiger partial charge in [0.15, 0.2) is 0 Å². The SMILES string of the molecule is Cc1cc(F)c(N2CC(C)CNCC(C)C2)cc1F. The molecular weight excluding hydrogens is 246 g/mol. The van der Waals surface area contributed by atoms with Gasteiger partial charge in [-0.05, 0) is 43.5 Å². The van der Waals surface area contributed by atoms with Crippen LogP contribution in [-0.2, 0) is 0 Å². The van der Waals surface area contributed by atoms with Gasteiger partial charge in [0.25, 0.3) is 0 Å². The molecule has 0 bridgehead atoms. The average molecular weight is 268 g/mol. The molecule has 2 nitrogen and oxygen atoms in total. The number of benzene rings is 1. The number of nitrogens with zero attached hydrogens (tertiary/aromatic N) is 1. The number of hydrogen-bond acceptors (Lipinski definition) is 2. The van der Waals surface area contributed by atoms with Crippen LogP contribution in [0.5, 0.6) is 0 Å². The predicted molar refractivity (Wildman–Crippen MR) is 74.5 cm³/mol. The van der Waals surface area contributed by atoms with E-state index in [1.54, 1.807) is 6.92 Å². The number of rotatable bonds is 1. The van der Waals surface area contributed by atoms with Gasteiger partial charge in [0.05, 0.1) is 5.69 Å². The van der Waals surface area contributed by atoms with Crippen LogP contribution in [0.4, 0.5) is 14.5 Å². The van der Waals surface area contributed by atoms with Crippen LogP contribution < -0.4 is 10.2 Å². The molecule has 0 amide bonds. The lowest BCUT2D eigenvalue weighted by Gasteiger charge is -2.33. The van der Waals surface area contributed by atoms with Crippen molar-refractivity contribution in [2.75, 3.05) is 31.1 Å². The molecule has 2 rings (SSSR count). The van der Waals surface area contributed by atoms with Crippen LogP contribution in [0, 0.1) is 30.4 Å².